The van der Waals surface area contributed by atoms with Crippen molar-refractivity contribution in [3.63, 3.8) is 0 Å². The number of anilines is 1. The molecule has 2 aromatic carbocycles. The molecule has 1 amide bonds. The molecule has 1 heterocycles. The third kappa shape index (κ3) is 2.72. The number of carbonyl (C=O) groups excluding carboxylic acids is 1. The van der Waals surface area contributed by atoms with Crippen molar-refractivity contribution in [1.82, 2.24) is 5.32 Å². The number of rotatable bonds is 3. The fourth-order valence-corrected chi connectivity index (χ4v) is 4.36. The number of allylic oxidation sites excluding steroid dienone is 2. The van der Waals surface area contributed by atoms with Crippen molar-refractivity contribution in [2.24, 2.45) is 5.92 Å². The first-order chi connectivity index (χ1) is 12.6. The molecule has 2 N–H and O–H groups in total. The first-order valence-electron chi connectivity index (χ1n) is 9.48. The molecular weight excluding hydrogens is 320 g/mol. The first kappa shape index (κ1) is 16.9. The van der Waals surface area contributed by atoms with Crippen molar-refractivity contribution in [2.45, 2.75) is 38.1 Å². The lowest BCUT2D eigenvalue weighted by atomic mass is 9.76. The second-order valence-electron chi connectivity index (χ2n) is 7.65. The summed E-state index contributed by atoms with van der Waals surface area (Å²) in [6.07, 6.45) is 5.67. The summed E-state index contributed by atoms with van der Waals surface area (Å²) in [7, 11) is 1.69. The van der Waals surface area contributed by atoms with Gasteiger partial charge in [0.2, 0.25) is 0 Å². The summed E-state index contributed by atoms with van der Waals surface area (Å²) >= 11 is 0. The lowest BCUT2D eigenvalue weighted by Crippen LogP contribution is -2.31. The fraction of sp³-hybridized carbons (Fsp3) is 0.348. The smallest absolute Gasteiger partial charge is 0.253 e. The van der Waals surface area contributed by atoms with E-state index in [9.17, 15) is 4.79 Å². The van der Waals surface area contributed by atoms with Crippen LogP contribution < -0.4 is 10.6 Å². The van der Waals surface area contributed by atoms with Gasteiger partial charge in [0, 0.05) is 13.0 Å². The van der Waals surface area contributed by atoms with Gasteiger partial charge in [-0.05, 0) is 41.0 Å². The number of hydrogen-bond acceptors (Lipinski definition) is 2. The minimum atomic E-state index is -0.0383. The highest BCUT2D eigenvalue weighted by Crippen LogP contribution is 2.50. The largest absolute Gasteiger partial charge is 0.377 e. The Kier molecular flexibility index (Phi) is 4.31. The van der Waals surface area contributed by atoms with Crippen molar-refractivity contribution >= 4 is 11.6 Å². The summed E-state index contributed by atoms with van der Waals surface area (Å²) in [6, 6.07) is 15.2. The number of benzene rings is 2. The summed E-state index contributed by atoms with van der Waals surface area (Å²) < 4.78 is 0. The number of para-hydroxylation sites is 1. The summed E-state index contributed by atoms with van der Waals surface area (Å²) in [5, 5.41) is 6.49. The van der Waals surface area contributed by atoms with E-state index in [4.69, 9.17) is 0 Å². The highest BCUT2D eigenvalue weighted by atomic mass is 16.1. The maximum absolute atomic E-state index is 12.4. The second kappa shape index (κ2) is 6.64. The Morgan fingerprint density at radius 2 is 1.92 bits per heavy atom. The lowest BCUT2D eigenvalue weighted by Gasteiger charge is -2.38. The average Bonchev–Trinajstić information content (AvgIpc) is 3.16. The van der Waals surface area contributed by atoms with Crippen LogP contribution in [0.3, 0.4) is 0 Å². The van der Waals surface area contributed by atoms with Crippen LogP contribution in [0.4, 0.5) is 5.69 Å². The monoisotopic (exact) mass is 346 g/mol. The molecule has 1 aliphatic heterocycles. The first-order valence-corrected chi connectivity index (χ1v) is 9.48. The third-order valence-electron chi connectivity index (χ3n) is 5.83. The minimum Gasteiger partial charge on any atom is -0.377 e. The van der Waals surface area contributed by atoms with E-state index in [1.165, 1.54) is 16.7 Å². The van der Waals surface area contributed by atoms with Gasteiger partial charge in [0.05, 0.1) is 17.3 Å². The van der Waals surface area contributed by atoms with E-state index in [-0.39, 0.29) is 11.9 Å². The summed E-state index contributed by atoms with van der Waals surface area (Å²) in [5.41, 5.74) is 5.60. The Bertz CT molecular complexity index is 851. The summed E-state index contributed by atoms with van der Waals surface area (Å²) in [4.78, 5) is 12.4. The van der Waals surface area contributed by atoms with Crippen molar-refractivity contribution in [3.8, 4) is 0 Å². The minimum absolute atomic E-state index is 0.0383. The maximum atomic E-state index is 12.4. The second-order valence-corrected chi connectivity index (χ2v) is 7.65. The zero-order chi connectivity index (χ0) is 18.3. The molecule has 0 saturated carbocycles. The van der Waals surface area contributed by atoms with Crippen molar-refractivity contribution in [2.75, 3.05) is 12.4 Å². The molecule has 2 aliphatic rings. The van der Waals surface area contributed by atoms with E-state index in [2.05, 4.69) is 67.0 Å². The number of carbonyl (C=O) groups is 1. The zero-order valence-corrected chi connectivity index (χ0v) is 15.6. The van der Waals surface area contributed by atoms with Crippen LogP contribution in [-0.4, -0.2) is 13.0 Å². The van der Waals surface area contributed by atoms with E-state index in [0.717, 1.165) is 17.7 Å². The molecule has 3 nitrogen and oxygen atoms in total. The standard InChI is InChI=1S/C23H26N2O/c1-14(2)15-10-12-16(13-11-15)21-18-7-4-6-17(18)19-8-5-9-20(22(19)25-21)23(26)24-3/h4-6,8-14,17-18,21,25H,7H2,1-3H3,(H,24,26). The number of hydrogen-bond donors (Lipinski definition) is 2. The van der Waals surface area contributed by atoms with Gasteiger partial charge in [0.15, 0.2) is 0 Å². The van der Waals surface area contributed by atoms with Gasteiger partial charge in [-0.3, -0.25) is 4.79 Å². The predicted molar refractivity (Wildman–Crippen MR) is 107 cm³/mol. The van der Waals surface area contributed by atoms with E-state index in [0.29, 0.717) is 17.8 Å². The number of amides is 1. The Labute approximate surface area is 155 Å². The van der Waals surface area contributed by atoms with E-state index in [1.807, 2.05) is 12.1 Å². The Morgan fingerprint density at radius 3 is 2.62 bits per heavy atom. The summed E-state index contributed by atoms with van der Waals surface area (Å²) in [6.45, 7) is 4.44. The third-order valence-corrected chi connectivity index (χ3v) is 5.83. The Balaban J connectivity index is 1.76. The van der Waals surface area contributed by atoms with E-state index >= 15 is 0 Å². The molecule has 0 spiro atoms. The lowest BCUT2D eigenvalue weighted by molar-refractivity contribution is 0.0963. The molecule has 0 radical (unpaired) electrons. The Morgan fingerprint density at radius 1 is 1.15 bits per heavy atom. The molecular formula is C23H26N2O. The van der Waals surface area contributed by atoms with Gasteiger partial charge >= 0.3 is 0 Å². The molecule has 26 heavy (non-hydrogen) atoms. The fourth-order valence-electron chi connectivity index (χ4n) is 4.36. The van der Waals surface area contributed by atoms with Crippen LogP contribution in [0.1, 0.15) is 65.2 Å². The highest BCUT2D eigenvalue weighted by molar-refractivity contribution is 6.00. The molecule has 0 fully saturated rings. The summed E-state index contributed by atoms with van der Waals surface area (Å²) in [5.74, 6) is 1.35. The van der Waals surface area contributed by atoms with Crippen molar-refractivity contribution in [3.05, 3.63) is 76.9 Å². The molecule has 134 valence electrons. The molecule has 3 unspecified atom stereocenters. The van der Waals surface area contributed by atoms with Crippen LogP contribution in [0.15, 0.2) is 54.6 Å². The average molecular weight is 346 g/mol. The normalized spacial score (nSPS) is 23.3. The maximum Gasteiger partial charge on any atom is 0.253 e. The van der Waals surface area contributed by atoms with Crippen molar-refractivity contribution in [1.29, 1.82) is 0 Å². The number of nitrogens with one attached hydrogen (secondary N) is 2. The quantitative estimate of drug-likeness (QED) is 0.768. The van der Waals surface area contributed by atoms with Gasteiger partial charge in [-0.1, -0.05) is 62.4 Å². The molecule has 0 aromatic heterocycles. The molecule has 3 heteroatoms. The molecule has 0 saturated heterocycles. The van der Waals surface area contributed by atoms with Gasteiger partial charge in [0.25, 0.3) is 5.91 Å². The molecule has 2 aromatic rings. The van der Waals surface area contributed by atoms with Gasteiger partial charge in [-0.2, -0.15) is 0 Å². The van der Waals surface area contributed by atoms with Gasteiger partial charge in [-0.25, -0.2) is 0 Å². The highest BCUT2D eigenvalue weighted by Gasteiger charge is 2.39. The zero-order valence-electron chi connectivity index (χ0n) is 15.6. The van der Waals surface area contributed by atoms with Crippen LogP contribution >= 0.6 is 0 Å². The van der Waals surface area contributed by atoms with Crippen LogP contribution in [0, 0.1) is 5.92 Å². The van der Waals surface area contributed by atoms with Gasteiger partial charge in [0.1, 0.15) is 0 Å². The van der Waals surface area contributed by atoms with Gasteiger partial charge in [-0.15, -0.1) is 0 Å². The number of fused-ring (bicyclic) bond motifs is 3. The molecule has 0 bridgehead atoms. The van der Waals surface area contributed by atoms with Crippen LogP contribution in [-0.2, 0) is 0 Å². The van der Waals surface area contributed by atoms with Crippen molar-refractivity contribution < 1.29 is 4.79 Å². The van der Waals surface area contributed by atoms with E-state index in [1.54, 1.807) is 7.05 Å². The van der Waals surface area contributed by atoms with Crippen LogP contribution in [0.5, 0.6) is 0 Å². The van der Waals surface area contributed by atoms with Crippen LogP contribution in [0.2, 0.25) is 0 Å². The predicted octanol–water partition coefficient (Wildman–Crippen LogP) is 5.00. The molecule has 4 rings (SSSR count). The molecule has 1 aliphatic carbocycles. The van der Waals surface area contributed by atoms with Crippen LogP contribution in [0.25, 0.3) is 0 Å². The molecule has 3 atom stereocenters. The van der Waals surface area contributed by atoms with Gasteiger partial charge < -0.3 is 10.6 Å². The van der Waals surface area contributed by atoms with E-state index < -0.39 is 0 Å². The Hall–Kier alpha value is -2.55. The topological polar surface area (TPSA) is 41.1 Å². The SMILES string of the molecule is CNC(=O)c1cccc2c1NC(c1ccc(C(C)C)cc1)C1CC=CC21.